The second-order valence-electron chi connectivity index (χ2n) is 6.53. The van der Waals surface area contributed by atoms with Crippen LogP contribution in [0, 0.1) is 0 Å². The molecule has 1 aliphatic heterocycles. The second kappa shape index (κ2) is 6.59. The summed E-state index contributed by atoms with van der Waals surface area (Å²) in [7, 11) is -2.90. The lowest BCUT2D eigenvalue weighted by Gasteiger charge is -2.27. The minimum absolute atomic E-state index is 0.0612. The van der Waals surface area contributed by atoms with Crippen LogP contribution in [0.25, 0.3) is 11.4 Å². The Labute approximate surface area is 162 Å². The lowest BCUT2D eigenvalue weighted by molar-refractivity contribution is -0.192. The lowest BCUT2D eigenvalue weighted by Crippen LogP contribution is -2.46. The molecular weight excluding hydrogens is 415 g/mol. The summed E-state index contributed by atoms with van der Waals surface area (Å²) in [5.41, 5.74) is -2.25. The Kier molecular flexibility index (Phi) is 4.42. The van der Waals surface area contributed by atoms with Gasteiger partial charge in [-0.05, 0) is 18.6 Å². The van der Waals surface area contributed by atoms with Crippen LogP contribution in [-0.2, 0) is 22.5 Å². The molecule has 154 valence electrons. The predicted octanol–water partition coefficient (Wildman–Crippen LogP) is 1.15. The van der Waals surface area contributed by atoms with E-state index in [0.717, 1.165) is 15.2 Å². The van der Waals surface area contributed by atoms with E-state index in [1.54, 1.807) is 12.1 Å². The second-order valence-corrected chi connectivity index (χ2v) is 8.41. The smallest absolute Gasteiger partial charge is 0.338 e. The van der Waals surface area contributed by atoms with E-state index in [0.29, 0.717) is 5.56 Å². The van der Waals surface area contributed by atoms with E-state index in [2.05, 4.69) is 25.4 Å². The quantitative estimate of drug-likeness (QED) is 0.606. The maximum Gasteiger partial charge on any atom is 0.404 e. The molecule has 0 N–H and O–H groups in total. The molecule has 3 aromatic heterocycles. The van der Waals surface area contributed by atoms with Gasteiger partial charge in [-0.2, -0.15) is 22.5 Å². The zero-order chi connectivity index (χ0) is 20.9. The molecule has 14 heteroatoms. The van der Waals surface area contributed by atoms with Crippen LogP contribution < -0.4 is 0 Å². The molecule has 1 saturated heterocycles. The van der Waals surface area contributed by atoms with Crippen LogP contribution in [0.3, 0.4) is 0 Å². The van der Waals surface area contributed by atoms with Crippen molar-refractivity contribution in [3.8, 4) is 11.4 Å². The third-order valence-corrected chi connectivity index (χ3v) is 6.70. The van der Waals surface area contributed by atoms with Crippen molar-refractivity contribution in [3.63, 3.8) is 0 Å². The average molecular weight is 429 g/mol. The van der Waals surface area contributed by atoms with Crippen molar-refractivity contribution < 1.29 is 26.1 Å². The first-order valence-electron chi connectivity index (χ1n) is 8.31. The van der Waals surface area contributed by atoms with Crippen molar-refractivity contribution in [1.29, 1.82) is 0 Å². The first kappa shape index (κ1) is 19.4. The van der Waals surface area contributed by atoms with E-state index < -0.39 is 40.5 Å². The molecule has 0 aromatic carbocycles. The van der Waals surface area contributed by atoms with E-state index in [-0.39, 0.29) is 17.4 Å². The van der Waals surface area contributed by atoms with Crippen molar-refractivity contribution in [1.82, 2.24) is 34.4 Å². The molecule has 1 atom stereocenters. The van der Waals surface area contributed by atoms with Gasteiger partial charge in [-0.1, -0.05) is 10.4 Å². The number of nitrogens with zero attached hydrogens (tertiary/aromatic N) is 7. The highest BCUT2D eigenvalue weighted by Gasteiger charge is 2.64. The fourth-order valence-corrected chi connectivity index (χ4v) is 4.72. The van der Waals surface area contributed by atoms with Crippen LogP contribution >= 0.6 is 0 Å². The number of alkyl halides is 3. The minimum atomic E-state index is -4.82. The van der Waals surface area contributed by atoms with E-state index in [1.807, 2.05) is 0 Å². The normalized spacial score (nSPS) is 21.0. The molecule has 0 bridgehead atoms. The van der Waals surface area contributed by atoms with Crippen LogP contribution in [0.1, 0.15) is 12.3 Å². The number of aryl methyl sites for hydroxylation is 1. The van der Waals surface area contributed by atoms with Crippen molar-refractivity contribution in [2.75, 3.05) is 13.1 Å². The molecule has 4 heterocycles. The molecule has 0 spiro atoms. The van der Waals surface area contributed by atoms with Gasteiger partial charge in [-0.15, -0.1) is 5.10 Å². The van der Waals surface area contributed by atoms with Crippen LogP contribution in [0.2, 0.25) is 0 Å². The van der Waals surface area contributed by atoms with Gasteiger partial charge in [0.25, 0.3) is 10.0 Å². The minimum Gasteiger partial charge on any atom is -0.338 e. The molecular formula is C15H14F3N7O3S. The molecule has 4 rings (SSSR count). The van der Waals surface area contributed by atoms with Gasteiger partial charge in [0, 0.05) is 38.1 Å². The number of halogens is 3. The summed E-state index contributed by atoms with van der Waals surface area (Å²) in [6.45, 7) is -1.27. The number of hydrogen-bond donors (Lipinski definition) is 0. The third-order valence-electron chi connectivity index (χ3n) is 4.81. The van der Waals surface area contributed by atoms with Gasteiger partial charge in [-0.3, -0.25) is 4.98 Å². The first-order valence-corrected chi connectivity index (χ1v) is 9.75. The topological polar surface area (TPSA) is 120 Å². The summed E-state index contributed by atoms with van der Waals surface area (Å²) in [6.07, 6.45) is -1.52. The number of aromatic nitrogens is 6. The lowest BCUT2D eigenvalue weighted by atomic mass is 9.86. The Balaban J connectivity index is 1.72. The van der Waals surface area contributed by atoms with Crippen molar-refractivity contribution in [2.24, 2.45) is 7.05 Å². The Morgan fingerprint density at radius 2 is 2.07 bits per heavy atom. The molecule has 10 nitrogen and oxygen atoms in total. The van der Waals surface area contributed by atoms with Crippen LogP contribution in [0.5, 0.6) is 0 Å². The largest absolute Gasteiger partial charge is 0.404 e. The van der Waals surface area contributed by atoms with Crippen LogP contribution in [0.4, 0.5) is 13.2 Å². The molecule has 0 amide bonds. The summed E-state index contributed by atoms with van der Waals surface area (Å²) in [5, 5.41) is 10.3. The van der Waals surface area contributed by atoms with Crippen molar-refractivity contribution in [2.45, 2.75) is 23.0 Å². The van der Waals surface area contributed by atoms with Gasteiger partial charge in [-0.25, -0.2) is 13.1 Å². The van der Waals surface area contributed by atoms with Gasteiger partial charge in [0.05, 0.1) is 6.20 Å². The summed E-state index contributed by atoms with van der Waals surface area (Å²) in [4.78, 5) is 7.78. The fraction of sp³-hybridized carbons (Fsp3) is 0.400. The van der Waals surface area contributed by atoms with E-state index in [1.165, 1.54) is 19.4 Å². The van der Waals surface area contributed by atoms with E-state index in [9.17, 15) is 21.6 Å². The first-order chi connectivity index (χ1) is 13.6. The maximum absolute atomic E-state index is 14.1. The summed E-state index contributed by atoms with van der Waals surface area (Å²) in [6, 6.07) is 3.15. The summed E-state index contributed by atoms with van der Waals surface area (Å²) < 4.78 is 74.5. The molecule has 29 heavy (non-hydrogen) atoms. The Hall–Kier alpha value is -2.87. The summed E-state index contributed by atoms with van der Waals surface area (Å²) in [5.74, 6) is -0.751. The number of rotatable bonds is 4. The number of hydrogen-bond acceptors (Lipinski definition) is 8. The Morgan fingerprint density at radius 1 is 1.28 bits per heavy atom. The zero-order valence-corrected chi connectivity index (χ0v) is 15.7. The molecule has 1 fully saturated rings. The highest BCUT2D eigenvalue weighted by atomic mass is 32.2. The molecule has 1 aliphatic rings. The maximum atomic E-state index is 14.1. The Morgan fingerprint density at radius 3 is 2.69 bits per heavy atom. The Bertz CT molecular complexity index is 1130. The highest BCUT2D eigenvalue weighted by molar-refractivity contribution is 7.89. The zero-order valence-electron chi connectivity index (χ0n) is 14.9. The van der Waals surface area contributed by atoms with E-state index >= 15 is 0 Å². The highest BCUT2D eigenvalue weighted by Crippen LogP contribution is 2.48. The standard InChI is InChI=1S/C15H14F3N7O3S/c1-24-11(8-20-23-24)29(26,27)25-6-4-14(9-25,15(16,17)18)13-21-12(22-28-13)10-3-2-5-19-7-10/h2-3,5,7-8H,4,6,9H2,1H3. The van der Waals surface area contributed by atoms with Gasteiger partial charge in [0.1, 0.15) is 0 Å². The molecule has 0 saturated carbocycles. The van der Waals surface area contributed by atoms with Gasteiger partial charge >= 0.3 is 6.18 Å². The van der Waals surface area contributed by atoms with E-state index in [4.69, 9.17) is 4.52 Å². The van der Waals surface area contributed by atoms with Crippen molar-refractivity contribution >= 4 is 10.0 Å². The SMILES string of the molecule is Cn1nncc1S(=O)(=O)N1CCC(c2nc(-c3cccnc3)no2)(C(F)(F)F)C1. The predicted molar refractivity (Wildman–Crippen MR) is 89.6 cm³/mol. The average Bonchev–Trinajstić information content (AvgIpc) is 3.41. The molecule has 0 aliphatic carbocycles. The monoisotopic (exact) mass is 429 g/mol. The molecule has 1 unspecified atom stereocenters. The number of pyridine rings is 1. The van der Waals surface area contributed by atoms with Crippen molar-refractivity contribution in [3.05, 3.63) is 36.6 Å². The number of sulfonamides is 1. The molecule has 3 aromatic rings. The van der Waals surface area contributed by atoms with Gasteiger partial charge in [0.2, 0.25) is 11.7 Å². The fourth-order valence-electron chi connectivity index (χ4n) is 3.18. The molecule has 0 radical (unpaired) electrons. The van der Waals surface area contributed by atoms with Gasteiger partial charge < -0.3 is 4.52 Å². The summed E-state index contributed by atoms with van der Waals surface area (Å²) >= 11 is 0. The van der Waals surface area contributed by atoms with Crippen LogP contribution in [-0.4, -0.2) is 62.1 Å². The van der Waals surface area contributed by atoms with Gasteiger partial charge in [0.15, 0.2) is 10.4 Å². The third kappa shape index (κ3) is 3.07. The van der Waals surface area contributed by atoms with Crippen LogP contribution in [0.15, 0.2) is 40.3 Å².